The molecule has 0 saturated heterocycles. The van der Waals surface area contributed by atoms with Crippen molar-refractivity contribution < 1.29 is 14.5 Å². The summed E-state index contributed by atoms with van der Waals surface area (Å²) in [7, 11) is 0. The number of benzene rings is 1. The summed E-state index contributed by atoms with van der Waals surface area (Å²) in [5.74, 6) is -0.740. The number of carbonyl (C=O) groups is 2. The molecule has 178 valence electrons. The van der Waals surface area contributed by atoms with Gasteiger partial charge in [-0.2, -0.15) is 0 Å². The Morgan fingerprint density at radius 1 is 0.688 bits per heavy atom. The van der Waals surface area contributed by atoms with Crippen LogP contribution in [0.3, 0.4) is 0 Å². The zero-order valence-corrected chi connectivity index (χ0v) is 19.8. The van der Waals surface area contributed by atoms with Gasteiger partial charge in [0, 0.05) is 18.7 Å². The molecule has 0 N–H and O–H groups in total. The van der Waals surface area contributed by atoms with Gasteiger partial charge in [0.15, 0.2) is 0 Å². The van der Waals surface area contributed by atoms with E-state index in [0.29, 0.717) is 6.54 Å². The van der Waals surface area contributed by atoms with Gasteiger partial charge >= 0.3 is 0 Å². The summed E-state index contributed by atoms with van der Waals surface area (Å²) in [6.07, 6.45) is 20.4. The van der Waals surface area contributed by atoms with Crippen LogP contribution in [0, 0.1) is 10.1 Å². The first-order chi connectivity index (χ1) is 15.6. The number of hydrogen-bond acceptors (Lipinski definition) is 4. The first-order valence-electron chi connectivity index (χ1n) is 12.7. The fourth-order valence-electron chi connectivity index (χ4n) is 4.41. The summed E-state index contributed by atoms with van der Waals surface area (Å²) >= 11 is 0. The highest BCUT2D eigenvalue weighted by Gasteiger charge is 2.36. The van der Waals surface area contributed by atoms with Crippen molar-refractivity contribution in [3.05, 3.63) is 39.4 Å². The van der Waals surface area contributed by atoms with Crippen molar-refractivity contribution in [2.24, 2.45) is 0 Å². The third-order valence-electron chi connectivity index (χ3n) is 6.40. The van der Waals surface area contributed by atoms with E-state index < -0.39 is 10.8 Å². The molecule has 0 atom stereocenters. The fourth-order valence-corrected chi connectivity index (χ4v) is 4.41. The molecule has 32 heavy (non-hydrogen) atoms. The van der Waals surface area contributed by atoms with Crippen LogP contribution in [0.15, 0.2) is 18.2 Å². The van der Waals surface area contributed by atoms with Crippen LogP contribution in [0.5, 0.6) is 0 Å². The van der Waals surface area contributed by atoms with Crippen LogP contribution in [-0.2, 0) is 0 Å². The summed E-state index contributed by atoms with van der Waals surface area (Å²) in [5, 5.41) is 10.9. The first-order valence-corrected chi connectivity index (χ1v) is 12.7. The zero-order chi connectivity index (χ0) is 23.2. The predicted octanol–water partition coefficient (Wildman–Crippen LogP) is 7.45. The lowest BCUT2D eigenvalue weighted by Crippen LogP contribution is -2.30. The van der Waals surface area contributed by atoms with Crippen LogP contribution in [0.4, 0.5) is 5.69 Å². The first kappa shape index (κ1) is 26.0. The number of fused-ring (bicyclic) bond motifs is 1. The quantitative estimate of drug-likeness (QED) is 0.102. The lowest BCUT2D eigenvalue weighted by Gasteiger charge is -2.13. The molecule has 6 nitrogen and oxygen atoms in total. The molecule has 2 rings (SSSR count). The second-order valence-electron chi connectivity index (χ2n) is 9.05. The molecule has 0 radical (unpaired) electrons. The van der Waals surface area contributed by atoms with Gasteiger partial charge in [-0.15, -0.1) is 0 Å². The number of non-ortho nitro benzene ring substituents is 1. The molecule has 0 aromatic heterocycles. The molecular weight excluding hydrogens is 404 g/mol. The Labute approximate surface area is 192 Å². The van der Waals surface area contributed by atoms with E-state index in [9.17, 15) is 19.7 Å². The van der Waals surface area contributed by atoms with Gasteiger partial charge in [-0.05, 0) is 12.5 Å². The summed E-state index contributed by atoms with van der Waals surface area (Å²) in [6, 6.07) is 3.88. The number of rotatable bonds is 18. The number of carbonyl (C=O) groups excluding carboxylic acids is 2. The van der Waals surface area contributed by atoms with E-state index in [1.54, 1.807) is 0 Å². The Bertz CT molecular complexity index is 747. The molecule has 1 heterocycles. The number of nitrogens with zero attached hydrogens (tertiary/aromatic N) is 2. The number of imide groups is 1. The Morgan fingerprint density at radius 3 is 1.59 bits per heavy atom. The van der Waals surface area contributed by atoms with Crippen molar-refractivity contribution >= 4 is 17.5 Å². The molecule has 2 amide bonds. The van der Waals surface area contributed by atoms with Gasteiger partial charge in [-0.25, -0.2) is 0 Å². The second-order valence-corrected chi connectivity index (χ2v) is 9.05. The Hall–Kier alpha value is -2.24. The van der Waals surface area contributed by atoms with Crippen molar-refractivity contribution in [1.82, 2.24) is 4.90 Å². The molecular formula is C26H40N2O4. The maximum Gasteiger partial charge on any atom is 0.270 e. The number of unbranched alkanes of at least 4 members (excludes halogenated alkanes) is 15. The van der Waals surface area contributed by atoms with Gasteiger partial charge in [0.25, 0.3) is 17.5 Å². The molecule has 1 aliphatic heterocycles. The normalized spacial score (nSPS) is 13.1. The molecule has 6 heteroatoms. The SMILES string of the molecule is CCCCCCCCCCCCCCCCCCN1C(=O)c2ccc([N+](=O)[O-])cc2C1=O. The molecule has 0 saturated carbocycles. The third kappa shape index (κ3) is 8.36. The van der Waals surface area contributed by atoms with E-state index in [1.165, 1.54) is 107 Å². The van der Waals surface area contributed by atoms with Crippen LogP contribution < -0.4 is 0 Å². The number of nitro benzene ring substituents is 1. The number of hydrogen-bond donors (Lipinski definition) is 0. The van der Waals surface area contributed by atoms with Crippen molar-refractivity contribution in [2.45, 2.75) is 110 Å². The number of nitro groups is 1. The summed E-state index contributed by atoms with van der Waals surface area (Å²) < 4.78 is 0. The van der Waals surface area contributed by atoms with Gasteiger partial charge in [-0.3, -0.25) is 24.6 Å². The molecule has 0 fully saturated rings. The smallest absolute Gasteiger partial charge is 0.270 e. The van der Waals surface area contributed by atoms with Gasteiger partial charge in [0.1, 0.15) is 0 Å². The lowest BCUT2D eigenvalue weighted by atomic mass is 10.0. The molecule has 0 bridgehead atoms. The predicted molar refractivity (Wildman–Crippen MR) is 128 cm³/mol. The maximum absolute atomic E-state index is 12.5. The molecule has 1 aromatic rings. The van der Waals surface area contributed by atoms with Crippen molar-refractivity contribution in [2.75, 3.05) is 6.54 Å². The van der Waals surface area contributed by atoms with Crippen molar-refractivity contribution in [3.8, 4) is 0 Å². The van der Waals surface area contributed by atoms with Crippen LogP contribution in [0.1, 0.15) is 130 Å². The zero-order valence-electron chi connectivity index (χ0n) is 19.8. The summed E-state index contributed by atoms with van der Waals surface area (Å²) in [6.45, 7) is 2.65. The van der Waals surface area contributed by atoms with E-state index in [-0.39, 0.29) is 22.7 Å². The molecule has 0 aliphatic carbocycles. The monoisotopic (exact) mass is 444 g/mol. The average Bonchev–Trinajstić information content (AvgIpc) is 3.03. The average molecular weight is 445 g/mol. The Morgan fingerprint density at radius 2 is 1.12 bits per heavy atom. The lowest BCUT2D eigenvalue weighted by molar-refractivity contribution is -0.384. The minimum Gasteiger partial charge on any atom is -0.274 e. The van der Waals surface area contributed by atoms with Crippen molar-refractivity contribution in [1.29, 1.82) is 0 Å². The van der Waals surface area contributed by atoms with E-state index in [0.717, 1.165) is 19.3 Å². The molecule has 1 aliphatic rings. The van der Waals surface area contributed by atoms with Crippen LogP contribution in [0.25, 0.3) is 0 Å². The minimum atomic E-state index is -0.545. The maximum atomic E-state index is 12.5. The largest absolute Gasteiger partial charge is 0.274 e. The highest BCUT2D eigenvalue weighted by molar-refractivity contribution is 6.21. The molecule has 0 unspecified atom stereocenters. The number of amides is 2. The standard InChI is InChI=1S/C26H40N2O4/c1-2-3-4-5-6-7-8-9-10-11-12-13-14-15-16-17-20-27-25(29)23-19-18-22(28(31)32)21-24(23)26(27)30/h18-19,21H,2-17,20H2,1H3. The highest BCUT2D eigenvalue weighted by Crippen LogP contribution is 2.27. The van der Waals surface area contributed by atoms with Gasteiger partial charge in [0.05, 0.1) is 16.1 Å². The van der Waals surface area contributed by atoms with Gasteiger partial charge in [-0.1, -0.05) is 103 Å². The molecule has 0 spiro atoms. The van der Waals surface area contributed by atoms with E-state index in [2.05, 4.69) is 6.92 Å². The van der Waals surface area contributed by atoms with E-state index in [1.807, 2.05) is 0 Å². The van der Waals surface area contributed by atoms with Crippen LogP contribution >= 0.6 is 0 Å². The molecule has 1 aromatic carbocycles. The summed E-state index contributed by atoms with van der Waals surface area (Å²) in [4.78, 5) is 36.5. The van der Waals surface area contributed by atoms with Gasteiger partial charge in [0.2, 0.25) is 0 Å². The van der Waals surface area contributed by atoms with E-state index in [4.69, 9.17) is 0 Å². The van der Waals surface area contributed by atoms with E-state index >= 15 is 0 Å². The summed E-state index contributed by atoms with van der Waals surface area (Å²) in [5.41, 5.74) is 0.270. The van der Waals surface area contributed by atoms with Crippen LogP contribution in [-0.4, -0.2) is 28.2 Å². The second kappa shape index (κ2) is 14.8. The Balaban J connectivity index is 1.47. The van der Waals surface area contributed by atoms with Crippen LogP contribution in [0.2, 0.25) is 0 Å². The van der Waals surface area contributed by atoms with Gasteiger partial charge < -0.3 is 0 Å². The topological polar surface area (TPSA) is 80.5 Å². The van der Waals surface area contributed by atoms with Crippen molar-refractivity contribution in [3.63, 3.8) is 0 Å². The fraction of sp³-hybridized carbons (Fsp3) is 0.692. The Kier molecular flexibility index (Phi) is 12.0. The minimum absolute atomic E-state index is 0.153. The highest BCUT2D eigenvalue weighted by atomic mass is 16.6. The third-order valence-corrected chi connectivity index (χ3v) is 6.40.